The minimum Gasteiger partial charge on any atom is -0.455 e. The summed E-state index contributed by atoms with van der Waals surface area (Å²) in [6.07, 6.45) is 0.790. The molecule has 0 radical (unpaired) electrons. The van der Waals surface area contributed by atoms with Crippen LogP contribution in [-0.4, -0.2) is 35.9 Å². The number of hydrogen-bond donors (Lipinski definition) is 2. The van der Waals surface area contributed by atoms with Crippen LogP contribution in [0.15, 0.2) is 42.5 Å². The number of aryl methyl sites for hydroxylation is 3. The number of anilines is 2. The van der Waals surface area contributed by atoms with E-state index in [-0.39, 0.29) is 29.9 Å². The van der Waals surface area contributed by atoms with Gasteiger partial charge in [-0.05, 0) is 49.1 Å². The van der Waals surface area contributed by atoms with Crippen LogP contribution in [0.25, 0.3) is 0 Å². The quantitative estimate of drug-likeness (QED) is 0.611. The Morgan fingerprint density at radius 3 is 2.45 bits per heavy atom. The topological polar surface area (TPSA) is 84.5 Å². The van der Waals surface area contributed by atoms with Crippen LogP contribution in [-0.2, 0) is 25.5 Å². The molecule has 0 unspecified atom stereocenters. The highest BCUT2D eigenvalue weighted by Gasteiger charge is 2.12. The Balaban J connectivity index is 1.69. The molecule has 29 heavy (non-hydrogen) atoms. The SMILES string of the molecule is CCc1cccc(C)c1NC(=O)COC(=O)CSCC(=O)Nc1cccc(C)c1. The van der Waals surface area contributed by atoms with Gasteiger partial charge in [0.05, 0.1) is 11.5 Å². The zero-order valence-corrected chi connectivity index (χ0v) is 17.7. The van der Waals surface area contributed by atoms with Crippen molar-refractivity contribution >= 4 is 40.9 Å². The number of nitrogens with one attached hydrogen (secondary N) is 2. The Labute approximate surface area is 175 Å². The number of carbonyl (C=O) groups is 3. The molecule has 154 valence electrons. The maximum absolute atomic E-state index is 12.1. The van der Waals surface area contributed by atoms with E-state index < -0.39 is 5.97 Å². The van der Waals surface area contributed by atoms with Crippen molar-refractivity contribution in [3.8, 4) is 0 Å². The number of hydrogen-bond acceptors (Lipinski definition) is 5. The van der Waals surface area contributed by atoms with E-state index in [1.165, 1.54) is 0 Å². The molecule has 7 heteroatoms. The molecule has 0 spiro atoms. The van der Waals surface area contributed by atoms with Crippen LogP contribution in [0.3, 0.4) is 0 Å². The first-order valence-electron chi connectivity index (χ1n) is 9.37. The first kappa shape index (κ1) is 22.5. The third kappa shape index (κ3) is 7.62. The van der Waals surface area contributed by atoms with E-state index in [0.29, 0.717) is 0 Å². The second-order valence-corrected chi connectivity index (χ2v) is 7.57. The van der Waals surface area contributed by atoms with Gasteiger partial charge in [-0.15, -0.1) is 11.8 Å². The van der Waals surface area contributed by atoms with E-state index in [1.54, 1.807) is 6.07 Å². The van der Waals surface area contributed by atoms with Crippen molar-refractivity contribution in [3.05, 3.63) is 59.2 Å². The van der Waals surface area contributed by atoms with Gasteiger partial charge in [0.15, 0.2) is 6.61 Å². The van der Waals surface area contributed by atoms with E-state index in [1.807, 2.05) is 57.2 Å². The summed E-state index contributed by atoms with van der Waals surface area (Å²) >= 11 is 1.14. The lowest BCUT2D eigenvalue weighted by molar-refractivity contribution is -0.144. The third-order valence-corrected chi connectivity index (χ3v) is 5.03. The van der Waals surface area contributed by atoms with Crippen LogP contribution in [0.5, 0.6) is 0 Å². The second-order valence-electron chi connectivity index (χ2n) is 6.58. The summed E-state index contributed by atoms with van der Waals surface area (Å²) in [5, 5.41) is 5.58. The molecule has 2 amide bonds. The lowest BCUT2D eigenvalue weighted by Crippen LogP contribution is -2.23. The number of amides is 2. The number of thioether (sulfide) groups is 1. The van der Waals surface area contributed by atoms with Gasteiger partial charge in [0, 0.05) is 11.4 Å². The molecule has 0 saturated carbocycles. The van der Waals surface area contributed by atoms with E-state index >= 15 is 0 Å². The van der Waals surface area contributed by atoms with Gasteiger partial charge in [0.25, 0.3) is 5.91 Å². The summed E-state index contributed by atoms with van der Waals surface area (Å²) in [6.45, 7) is 5.51. The fourth-order valence-electron chi connectivity index (χ4n) is 2.71. The van der Waals surface area contributed by atoms with Crippen molar-refractivity contribution in [2.24, 2.45) is 0 Å². The zero-order valence-electron chi connectivity index (χ0n) is 16.9. The second kappa shape index (κ2) is 11.3. The lowest BCUT2D eigenvalue weighted by atomic mass is 10.1. The zero-order chi connectivity index (χ0) is 21.2. The molecule has 0 bridgehead atoms. The number of esters is 1. The molecular formula is C22H26N2O4S. The van der Waals surface area contributed by atoms with Crippen LogP contribution in [0.2, 0.25) is 0 Å². The van der Waals surface area contributed by atoms with Crippen molar-refractivity contribution in [3.63, 3.8) is 0 Å². The number of ether oxygens (including phenoxy) is 1. The fraction of sp³-hybridized carbons (Fsp3) is 0.318. The first-order chi connectivity index (χ1) is 13.9. The molecule has 0 saturated heterocycles. The smallest absolute Gasteiger partial charge is 0.316 e. The van der Waals surface area contributed by atoms with E-state index in [9.17, 15) is 14.4 Å². The summed E-state index contributed by atoms with van der Waals surface area (Å²) in [7, 11) is 0. The van der Waals surface area contributed by atoms with Crippen molar-refractivity contribution in [1.82, 2.24) is 0 Å². The van der Waals surface area contributed by atoms with Crippen molar-refractivity contribution in [1.29, 1.82) is 0 Å². The predicted molar refractivity (Wildman–Crippen MR) is 117 cm³/mol. The highest BCUT2D eigenvalue weighted by molar-refractivity contribution is 8.00. The van der Waals surface area contributed by atoms with Crippen LogP contribution in [0, 0.1) is 13.8 Å². The summed E-state index contributed by atoms with van der Waals surface area (Å²) in [5.41, 5.74) is 4.52. The molecule has 0 aliphatic rings. The van der Waals surface area contributed by atoms with Crippen LogP contribution >= 0.6 is 11.8 Å². The molecule has 6 nitrogen and oxygen atoms in total. The monoisotopic (exact) mass is 414 g/mol. The highest BCUT2D eigenvalue weighted by atomic mass is 32.2. The Morgan fingerprint density at radius 2 is 1.72 bits per heavy atom. The number of para-hydroxylation sites is 1. The average molecular weight is 415 g/mol. The molecule has 0 aliphatic carbocycles. The Hall–Kier alpha value is -2.80. The molecule has 2 rings (SSSR count). The first-order valence-corrected chi connectivity index (χ1v) is 10.5. The molecule has 2 aromatic carbocycles. The van der Waals surface area contributed by atoms with E-state index in [4.69, 9.17) is 4.74 Å². The summed E-state index contributed by atoms with van der Waals surface area (Å²) in [5.74, 6) is -0.992. The van der Waals surface area contributed by atoms with E-state index in [2.05, 4.69) is 10.6 Å². The standard InChI is InChI=1S/C22H26N2O4S/c1-4-17-9-6-8-16(3)22(17)24-19(25)12-28-21(27)14-29-13-20(26)23-18-10-5-7-15(2)11-18/h5-11H,4,12-14H2,1-3H3,(H,23,26)(H,24,25). The molecule has 0 aliphatic heterocycles. The van der Waals surface area contributed by atoms with Crippen LogP contribution in [0.4, 0.5) is 11.4 Å². The molecular weight excluding hydrogens is 388 g/mol. The molecule has 0 heterocycles. The molecule has 0 aromatic heterocycles. The average Bonchev–Trinajstić information content (AvgIpc) is 2.68. The van der Waals surface area contributed by atoms with Gasteiger partial charge < -0.3 is 15.4 Å². The normalized spacial score (nSPS) is 10.3. The summed E-state index contributed by atoms with van der Waals surface area (Å²) in [4.78, 5) is 35.8. The van der Waals surface area contributed by atoms with Crippen molar-refractivity contribution in [2.45, 2.75) is 27.2 Å². The minimum absolute atomic E-state index is 0.000901. The van der Waals surface area contributed by atoms with Crippen molar-refractivity contribution in [2.75, 3.05) is 28.7 Å². The van der Waals surface area contributed by atoms with Gasteiger partial charge in [0.1, 0.15) is 0 Å². The summed E-state index contributed by atoms with van der Waals surface area (Å²) < 4.78 is 5.00. The molecule has 0 fully saturated rings. The maximum atomic E-state index is 12.1. The number of benzene rings is 2. The Bertz CT molecular complexity index is 883. The van der Waals surface area contributed by atoms with Gasteiger partial charge in [-0.3, -0.25) is 14.4 Å². The van der Waals surface area contributed by atoms with Gasteiger partial charge in [0.2, 0.25) is 5.91 Å². The minimum atomic E-state index is -0.533. The van der Waals surface area contributed by atoms with Crippen molar-refractivity contribution < 1.29 is 19.1 Å². The number of rotatable bonds is 9. The van der Waals surface area contributed by atoms with E-state index in [0.717, 1.165) is 46.2 Å². The van der Waals surface area contributed by atoms with Crippen LogP contribution < -0.4 is 10.6 Å². The Kier molecular flexibility index (Phi) is 8.73. The molecule has 0 atom stereocenters. The lowest BCUT2D eigenvalue weighted by Gasteiger charge is -2.13. The maximum Gasteiger partial charge on any atom is 0.316 e. The van der Waals surface area contributed by atoms with Crippen LogP contribution in [0.1, 0.15) is 23.6 Å². The Morgan fingerprint density at radius 1 is 0.966 bits per heavy atom. The van der Waals surface area contributed by atoms with Gasteiger partial charge in [-0.2, -0.15) is 0 Å². The highest BCUT2D eigenvalue weighted by Crippen LogP contribution is 2.21. The van der Waals surface area contributed by atoms with Gasteiger partial charge >= 0.3 is 5.97 Å². The molecule has 2 aromatic rings. The number of carbonyl (C=O) groups excluding carboxylic acids is 3. The summed E-state index contributed by atoms with van der Waals surface area (Å²) in [6, 6.07) is 13.3. The largest absolute Gasteiger partial charge is 0.455 e. The van der Waals surface area contributed by atoms with Gasteiger partial charge in [-0.25, -0.2) is 0 Å². The predicted octanol–water partition coefficient (Wildman–Crippen LogP) is 3.72. The third-order valence-electron chi connectivity index (χ3n) is 4.12. The molecule has 2 N–H and O–H groups in total. The van der Waals surface area contributed by atoms with Gasteiger partial charge in [-0.1, -0.05) is 37.3 Å². The fourth-order valence-corrected chi connectivity index (χ4v) is 3.32.